The zero-order valence-corrected chi connectivity index (χ0v) is 12.2. The molecule has 1 atom stereocenters. The van der Waals surface area contributed by atoms with Crippen LogP contribution in [0.5, 0.6) is 5.75 Å². The van der Waals surface area contributed by atoms with E-state index in [2.05, 4.69) is 16.0 Å². The summed E-state index contributed by atoms with van der Waals surface area (Å²) in [5, 5.41) is 0. The lowest BCUT2D eigenvalue weighted by molar-refractivity contribution is 0.414. The molecule has 0 saturated heterocycles. The summed E-state index contributed by atoms with van der Waals surface area (Å²) in [4.78, 5) is 6.56. The minimum Gasteiger partial charge on any atom is -0.497 e. The Hall–Kier alpha value is -2.07. The highest BCUT2D eigenvalue weighted by atomic mass is 16.5. The first-order chi connectivity index (χ1) is 9.61. The van der Waals surface area contributed by atoms with Crippen molar-refractivity contribution in [2.45, 2.75) is 19.5 Å². The zero-order valence-electron chi connectivity index (χ0n) is 12.2. The fraction of sp³-hybridized carbons (Fsp3) is 0.312. The summed E-state index contributed by atoms with van der Waals surface area (Å²) in [7, 11) is 3.70. The van der Waals surface area contributed by atoms with E-state index in [1.54, 1.807) is 13.3 Å². The van der Waals surface area contributed by atoms with Crippen LogP contribution < -0.4 is 15.4 Å². The van der Waals surface area contributed by atoms with Crippen molar-refractivity contribution in [1.82, 2.24) is 4.98 Å². The topological polar surface area (TPSA) is 51.4 Å². The van der Waals surface area contributed by atoms with Crippen molar-refractivity contribution in [1.29, 1.82) is 0 Å². The number of benzene rings is 1. The third-order valence-corrected chi connectivity index (χ3v) is 3.22. The Morgan fingerprint density at radius 2 is 2.10 bits per heavy atom. The van der Waals surface area contributed by atoms with Gasteiger partial charge in [0.15, 0.2) is 0 Å². The molecule has 20 heavy (non-hydrogen) atoms. The highest BCUT2D eigenvalue weighted by Gasteiger charge is 2.12. The molecule has 0 aliphatic rings. The standard InChI is InChI=1S/C16H21N3O/c1-12(17)15-8-5-9-18-16(15)19(2)11-13-6-4-7-14(10-13)20-3/h4-10,12H,11,17H2,1-3H3/t12-/m1/s1. The summed E-state index contributed by atoms with van der Waals surface area (Å²) >= 11 is 0. The number of pyridine rings is 1. The molecule has 106 valence electrons. The van der Waals surface area contributed by atoms with Crippen LogP contribution in [-0.4, -0.2) is 19.1 Å². The predicted molar refractivity (Wildman–Crippen MR) is 81.9 cm³/mol. The van der Waals surface area contributed by atoms with E-state index in [1.807, 2.05) is 44.3 Å². The van der Waals surface area contributed by atoms with Crippen molar-refractivity contribution in [3.05, 3.63) is 53.7 Å². The van der Waals surface area contributed by atoms with Gasteiger partial charge in [0.05, 0.1) is 7.11 Å². The molecule has 1 aromatic heterocycles. The third kappa shape index (κ3) is 3.27. The minimum absolute atomic E-state index is 0.0357. The van der Waals surface area contributed by atoms with Gasteiger partial charge in [-0.05, 0) is 30.7 Å². The first-order valence-corrected chi connectivity index (χ1v) is 6.66. The molecule has 0 amide bonds. The Morgan fingerprint density at radius 1 is 1.30 bits per heavy atom. The normalized spacial score (nSPS) is 12.0. The van der Waals surface area contributed by atoms with Crippen LogP contribution in [0.3, 0.4) is 0 Å². The second-order valence-corrected chi connectivity index (χ2v) is 4.91. The van der Waals surface area contributed by atoms with Crippen LogP contribution in [0.1, 0.15) is 24.1 Å². The quantitative estimate of drug-likeness (QED) is 0.908. The summed E-state index contributed by atoms with van der Waals surface area (Å²) in [6, 6.07) is 12.0. The zero-order chi connectivity index (χ0) is 14.5. The van der Waals surface area contributed by atoms with Gasteiger partial charge in [0.25, 0.3) is 0 Å². The molecule has 0 fully saturated rings. The number of ether oxygens (including phenoxy) is 1. The SMILES string of the molecule is COc1cccc(CN(C)c2ncccc2[C@@H](C)N)c1. The van der Waals surface area contributed by atoms with Gasteiger partial charge < -0.3 is 15.4 Å². The van der Waals surface area contributed by atoms with Crippen LogP contribution in [0.15, 0.2) is 42.6 Å². The first kappa shape index (κ1) is 14.3. The summed E-state index contributed by atoms with van der Waals surface area (Å²) in [5.41, 5.74) is 8.23. The number of anilines is 1. The molecule has 0 spiro atoms. The summed E-state index contributed by atoms with van der Waals surface area (Å²) in [5.74, 6) is 1.79. The van der Waals surface area contributed by atoms with Crippen molar-refractivity contribution < 1.29 is 4.74 Å². The summed E-state index contributed by atoms with van der Waals surface area (Å²) in [6.07, 6.45) is 1.79. The average molecular weight is 271 g/mol. The molecule has 0 unspecified atom stereocenters. The van der Waals surface area contributed by atoms with E-state index in [0.717, 1.165) is 23.7 Å². The van der Waals surface area contributed by atoms with Gasteiger partial charge in [0.1, 0.15) is 11.6 Å². The summed E-state index contributed by atoms with van der Waals surface area (Å²) in [6.45, 7) is 2.73. The molecule has 2 rings (SSSR count). The van der Waals surface area contributed by atoms with E-state index >= 15 is 0 Å². The number of aromatic nitrogens is 1. The predicted octanol–water partition coefficient (Wildman–Crippen LogP) is 2.75. The number of hydrogen-bond donors (Lipinski definition) is 1. The highest BCUT2D eigenvalue weighted by molar-refractivity contribution is 5.48. The molecule has 0 aliphatic carbocycles. The molecule has 2 N–H and O–H groups in total. The van der Waals surface area contributed by atoms with Gasteiger partial charge in [-0.1, -0.05) is 18.2 Å². The number of nitrogens with zero attached hydrogens (tertiary/aromatic N) is 2. The minimum atomic E-state index is -0.0357. The molecule has 0 radical (unpaired) electrons. The Balaban J connectivity index is 2.21. The smallest absolute Gasteiger partial charge is 0.133 e. The molecule has 0 saturated carbocycles. The van der Waals surface area contributed by atoms with Gasteiger partial charge in [-0.15, -0.1) is 0 Å². The Morgan fingerprint density at radius 3 is 2.80 bits per heavy atom. The van der Waals surface area contributed by atoms with Crippen molar-refractivity contribution in [3.63, 3.8) is 0 Å². The van der Waals surface area contributed by atoms with Gasteiger partial charge in [-0.3, -0.25) is 0 Å². The number of hydrogen-bond acceptors (Lipinski definition) is 4. The van der Waals surface area contributed by atoms with Gasteiger partial charge >= 0.3 is 0 Å². The lowest BCUT2D eigenvalue weighted by atomic mass is 10.1. The molecule has 4 heteroatoms. The lowest BCUT2D eigenvalue weighted by Gasteiger charge is -2.22. The second kappa shape index (κ2) is 6.39. The van der Waals surface area contributed by atoms with Crippen LogP contribution in [-0.2, 0) is 6.54 Å². The van der Waals surface area contributed by atoms with Crippen molar-refractivity contribution in [2.75, 3.05) is 19.1 Å². The van der Waals surface area contributed by atoms with Gasteiger partial charge in [-0.25, -0.2) is 4.98 Å². The Kier molecular flexibility index (Phi) is 4.58. The van der Waals surface area contributed by atoms with Crippen molar-refractivity contribution in [3.8, 4) is 5.75 Å². The molecular formula is C16H21N3O. The van der Waals surface area contributed by atoms with Crippen molar-refractivity contribution in [2.24, 2.45) is 5.73 Å². The van der Waals surface area contributed by atoms with E-state index in [0.29, 0.717) is 0 Å². The van der Waals surface area contributed by atoms with Gasteiger partial charge in [0.2, 0.25) is 0 Å². The fourth-order valence-electron chi connectivity index (χ4n) is 2.20. The largest absolute Gasteiger partial charge is 0.497 e. The third-order valence-electron chi connectivity index (χ3n) is 3.22. The monoisotopic (exact) mass is 271 g/mol. The van der Waals surface area contributed by atoms with E-state index in [-0.39, 0.29) is 6.04 Å². The van der Waals surface area contributed by atoms with E-state index < -0.39 is 0 Å². The second-order valence-electron chi connectivity index (χ2n) is 4.91. The van der Waals surface area contributed by atoms with Gasteiger partial charge in [-0.2, -0.15) is 0 Å². The lowest BCUT2D eigenvalue weighted by Crippen LogP contribution is -2.21. The van der Waals surface area contributed by atoms with Gasteiger partial charge in [0, 0.05) is 31.4 Å². The van der Waals surface area contributed by atoms with Crippen LogP contribution in [0.25, 0.3) is 0 Å². The maximum atomic E-state index is 6.00. The molecule has 0 aliphatic heterocycles. The molecule has 4 nitrogen and oxygen atoms in total. The van der Waals surface area contributed by atoms with E-state index in [9.17, 15) is 0 Å². The van der Waals surface area contributed by atoms with E-state index in [1.165, 1.54) is 5.56 Å². The number of nitrogens with two attached hydrogens (primary N) is 1. The number of methoxy groups -OCH3 is 1. The Bertz CT molecular complexity index is 569. The molecule has 1 aromatic carbocycles. The van der Waals surface area contributed by atoms with Crippen LogP contribution in [0.4, 0.5) is 5.82 Å². The van der Waals surface area contributed by atoms with Crippen LogP contribution in [0, 0.1) is 0 Å². The van der Waals surface area contributed by atoms with Crippen LogP contribution in [0.2, 0.25) is 0 Å². The maximum Gasteiger partial charge on any atom is 0.133 e. The fourth-order valence-corrected chi connectivity index (χ4v) is 2.20. The molecule has 2 aromatic rings. The van der Waals surface area contributed by atoms with Crippen molar-refractivity contribution >= 4 is 5.82 Å². The first-order valence-electron chi connectivity index (χ1n) is 6.66. The van der Waals surface area contributed by atoms with E-state index in [4.69, 9.17) is 10.5 Å². The summed E-state index contributed by atoms with van der Waals surface area (Å²) < 4.78 is 5.25. The average Bonchev–Trinajstić information content (AvgIpc) is 2.47. The van der Waals surface area contributed by atoms with Crippen LogP contribution >= 0.6 is 0 Å². The molecule has 0 bridgehead atoms. The Labute approximate surface area is 120 Å². The maximum absolute atomic E-state index is 6.00. The number of rotatable bonds is 5. The highest BCUT2D eigenvalue weighted by Crippen LogP contribution is 2.23. The molecule has 1 heterocycles. The molecular weight excluding hydrogens is 250 g/mol.